The molecule has 0 aliphatic heterocycles. The van der Waals surface area contributed by atoms with Gasteiger partial charge in [-0.05, 0) is 43.4 Å². The third-order valence-corrected chi connectivity index (χ3v) is 4.14. The van der Waals surface area contributed by atoms with Gasteiger partial charge in [0.05, 0.1) is 0 Å². The van der Waals surface area contributed by atoms with Gasteiger partial charge in [0.1, 0.15) is 0 Å². The molecule has 1 saturated carbocycles. The molecule has 1 aliphatic carbocycles. The topological polar surface area (TPSA) is 32.3 Å². The van der Waals surface area contributed by atoms with Crippen LogP contribution >= 0.6 is 0 Å². The third kappa shape index (κ3) is 6.42. The van der Waals surface area contributed by atoms with Crippen molar-refractivity contribution in [2.75, 3.05) is 13.2 Å². The van der Waals surface area contributed by atoms with Gasteiger partial charge in [0, 0.05) is 19.2 Å². The van der Waals surface area contributed by atoms with Gasteiger partial charge in [-0.15, -0.1) is 0 Å². The number of hydrogen-bond acceptors (Lipinski definition) is 2. The fourth-order valence-corrected chi connectivity index (χ4v) is 2.76. The Kier molecular flexibility index (Phi) is 6.50. The predicted octanol–water partition coefficient (Wildman–Crippen LogP) is 3.34. The van der Waals surface area contributed by atoms with Crippen LogP contribution in [-0.4, -0.2) is 24.3 Å². The van der Waals surface area contributed by atoms with Crippen molar-refractivity contribution >= 4 is 0 Å². The lowest BCUT2D eigenvalue weighted by Crippen LogP contribution is -2.37. The van der Waals surface area contributed by atoms with Gasteiger partial charge in [-0.25, -0.2) is 0 Å². The Hall–Kier alpha value is -0.0800. The normalized spacial score (nSPS) is 26.8. The summed E-state index contributed by atoms with van der Waals surface area (Å²) >= 11 is 0. The number of nitrogens with one attached hydrogen (secondary N) is 1. The van der Waals surface area contributed by atoms with E-state index in [-0.39, 0.29) is 0 Å². The van der Waals surface area contributed by atoms with Gasteiger partial charge in [0.2, 0.25) is 0 Å². The second-order valence-corrected chi connectivity index (χ2v) is 6.68. The van der Waals surface area contributed by atoms with Gasteiger partial charge in [-0.1, -0.05) is 33.6 Å². The Balaban J connectivity index is 2.24. The van der Waals surface area contributed by atoms with Crippen molar-refractivity contribution in [2.24, 2.45) is 11.3 Å². The van der Waals surface area contributed by atoms with Crippen molar-refractivity contribution in [2.45, 2.75) is 71.8 Å². The highest BCUT2D eigenvalue weighted by molar-refractivity contribution is 4.78. The van der Waals surface area contributed by atoms with E-state index in [1.807, 2.05) is 0 Å². The lowest BCUT2D eigenvalue weighted by molar-refractivity contribution is 0.229. The molecular weight excluding hydrogens is 210 g/mol. The molecule has 1 aliphatic rings. The van der Waals surface area contributed by atoms with E-state index >= 15 is 0 Å². The Labute approximate surface area is 107 Å². The molecule has 0 saturated heterocycles. The maximum absolute atomic E-state index is 8.89. The minimum atomic E-state index is 0.320. The molecule has 2 nitrogen and oxygen atoms in total. The van der Waals surface area contributed by atoms with Crippen molar-refractivity contribution in [3.8, 4) is 0 Å². The lowest BCUT2D eigenvalue weighted by atomic mass is 9.87. The molecule has 0 aromatic rings. The van der Waals surface area contributed by atoms with E-state index in [1.54, 1.807) is 0 Å². The molecule has 0 heterocycles. The monoisotopic (exact) mass is 241 g/mol. The van der Waals surface area contributed by atoms with Crippen LogP contribution in [0.4, 0.5) is 0 Å². The highest BCUT2D eigenvalue weighted by atomic mass is 16.2. The zero-order chi connectivity index (χ0) is 12.7. The number of aliphatic hydroxyl groups excluding tert-OH is 1. The Morgan fingerprint density at radius 3 is 2.65 bits per heavy atom. The summed E-state index contributed by atoms with van der Waals surface area (Å²) in [5.74, 6) is 0.921. The molecule has 102 valence electrons. The van der Waals surface area contributed by atoms with Crippen molar-refractivity contribution in [3.63, 3.8) is 0 Å². The highest BCUT2D eigenvalue weighted by Crippen LogP contribution is 2.25. The van der Waals surface area contributed by atoms with Crippen LogP contribution in [0.1, 0.15) is 65.7 Å². The maximum Gasteiger partial charge on any atom is 0.0431 e. The predicted molar refractivity (Wildman–Crippen MR) is 74.1 cm³/mol. The minimum absolute atomic E-state index is 0.320. The molecule has 2 unspecified atom stereocenters. The van der Waals surface area contributed by atoms with Gasteiger partial charge in [0.25, 0.3) is 0 Å². The summed E-state index contributed by atoms with van der Waals surface area (Å²) in [6.45, 7) is 8.40. The molecule has 2 heteroatoms. The van der Waals surface area contributed by atoms with Crippen LogP contribution in [0.5, 0.6) is 0 Å². The molecule has 0 amide bonds. The molecule has 0 radical (unpaired) electrons. The first-order chi connectivity index (χ1) is 8.03. The average Bonchev–Trinajstić information content (AvgIpc) is 2.49. The Bertz CT molecular complexity index is 203. The highest BCUT2D eigenvalue weighted by Gasteiger charge is 2.21. The van der Waals surface area contributed by atoms with Gasteiger partial charge in [-0.3, -0.25) is 0 Å². The first-order valence-corrected chi connectivity index (χ1v) is 7.38. The first-order valence-electron chi connectivity index (χ1n) is 7.38. The average molecular weight is 241 g/mol. The standard InChI is InChI=1S/C15H31NO/c1-13-6-4-7-14(9-8-13)16-12-15(2,3)10-5-11-17/h13-14,16-17H,4-12H2,1-3H3. The van der Waals surface area contributed by atoms with Crippen molar-refractivity contribution < 1.29 is 5.11 Å². The van der Waals surface area contributed by atoms with Crippen LogP contribution in [0.2, 0.25) is 0 Å². The molecular formula is C15H31NO. The summed E-state index contributed by atoms with van der Waals surface area (Å²) in [6, 6.07) is 0.730. The van der Waals surface area contributed by atoms with E-state index in [2.05, 4.69) is 26.1 Å². The molecule has 0 bridgehead atoms. The maximum atomic E-state index is 8.89. The zero-order valence-corrected chi connectivity index (χ0v) is 12.0. The van der Waals surface area contributed by atoms with Gasteiger partial charge in [-0.2, -0.15) is 0 Å². The van der Waals surface area contributed by atoms with E-state index in [0.29, 0.717) is 12.0 Å². The van der Waals surface area contributed by atoms with Gasteiger partial charge in [0.15, 0.2) is 0 Å². The Morgan fingerprint density at radius 1 is 1.18 bits per heavy atom. The number of rotatable bonds is 6. The van der Waals surface area contributed by atoms with Gasteiger partial charge < -0.3 is 10.4 Å². The SMILES string of the molecule is CC1CCCC(NCC(C)(C)CCCO)CC1. The van der Waals surface area contributed by atoms with Crippen molar-refractivity contribution in [1.29, 1.82) is 0 Å². The van der Waals surface area contributed by atoms with Crippen LogP contribution in [0, 0.1) is 11.3 Å². The van der Waals surface area contributed by atoms with E-state index in [0.717, 1.165) is 31.3 Å². The van der Waals surface area contributed by atoms with Gasteiger partial charge >= 0.3 is 0 Å². The van der Waals surface area contributed by atoms with E-state index in [4.69, 9.17) is 5.11 Å². The van der Waals surface area contributed by atoms with Crippen LogP contribution in [-0.2, 0) is 0 Å². The fourth-order valence-electron chi connectivity index (χ4n) is 2.76. The first kappa shape index (κ1) is 15.0. The molecule has 17 heavy (non-hydrogen) atoms. The summed E-state index contributed by atoms with van der Waals surface area (Å²) in [6.07, 6.45) is 8.91. The van der Waals surface area contributed by atoms with Crippen LogP contribution in [0.15, 0.2) is 0 Å². The largest absolute Gasteiger partial charge is 0.396 e. The third-order valence-electron chi connectivity index (χ3n) is 4.14. The Morgan fingerprint density at radius 2 is 1.94 bits per heavy atom. The van der Waals surface area contributed by atoms with E-state index in [9.17, 15) is 0 Å². The van der Waals surface area contributed by atoms with Crippen molar-refractivity contribution in [1.82, 2.24) is 5.32 Å². The molecule has 2 N–H and O–H groups in total. The molecule has 0 aromatic carbocycles. The second-order valence-electron chi connectivity index (χ2n) is 6.68. The summed E-state index contributed by atoms with van der Waals surface area (Å²) in [4.78, 5) is 0. The van der Waals surface area contributed by atoms with Crippen LogP contribution in [0.3, 0.4) is 0 Å². The van der Waals surface area contributed by atoms with Crippen molar-refractivity contribution in [3.05, 3.63) is 0 Å². The smallest absolute Gasteiger partial charge is 0.0431 e. The fraction of sp³-hybridized carbons (Fsp3) is 1.00. The van der Waals surface area contributed by atoms with Crippen LogP contribution in [0.25, 0.3) is 0 Å². The van der Waals surface area contributed by atoms with E-state index in [1.165, 1.54) is 32.1 Å². The van der Waals surface area contributed by atoms with Crippen LogP contribution < -0.4 is 5.32 Å². The molecule has 1 fully saturated rings. The molecule has 0 aromatic heterocycles. The number of hydrogen-bond donors (Lipinski definition) is 2. The molecule has 1 rings (SSSR count). The quantitative estimate of drug-likeness (QED) is 0.699. The lowest BCUT2D eigenvalue weighted by Gasteiger charge is -2.28. The minimum Gasteiger partial charge on any atom is -0.396 e. The molecule has 2 atom stereocenters. The summed E-state index contributed by atoms with van der Waals surface area (Å²) < 4.78 is 0. The number of aliphatic hydroxyl groups is 1. The van der Waals surface area contributed by atoms with E-state index < -0.39 is 0 Å². The molecule has 0 spiro atoms. The summed E-state index contributed by atoms with van der Waals surface area (Å²) in [5, 5.41) is 12.6. The summed E-state index contributed by atoms with van der Waals surface area (Å²) in [7, 11) is 0. The zero-order valence-electron chi connectivity index (χ0n) is 12.0. The second kappa shape index (κ2) is 7.38. The summed E-state index contributed by atoms with van der Waals surface area (Å²) in [5.41, 5.74) is 0.320.